The summed E-state index contributed by atoms with van der Waals surface area (Å²) in [4.78, 5) is 25.2. The van der Waals surface area contributed by atoms with Crippen LogP contribution in [0.3, 0.4) is 0 Å². The standard InChI is InChI=1S/C17H17N3O3S/c1-10(14-7-8-15(24-14)17(22)19-23)18-16(21)13-9-11-5-3-4-6-12(11)20(13)2/h3-10,23H,1-2H3,(H,18,21)(H,19,22). The fourth-order valence-electron chi connectivity index (χ4n) is 2.61. The first-order valence-corrected chi connectivity index (χ1v) is 8.22. The zero-order valence-electron chi connectivity index (χ0n) is 13.2. The Kier molecular flexibility index (Phi) is 4.37. The maximum Gasteiger partial charge on any atom is 0.284 e. The number of hydrogen-bond donors (Lipinski definition) is 3. The van der Waals surface area contributed by atoms with E-state index in [4.69, 9.17) is 5.21 Å². The van der Waals surface area contributed by atoms with Gasteiger partial charge in [-0.1, -0.05) is 18.2 Å². The normalized spacial score (nSPS) is 12.1. The maximum atomic E-state index is 12.6. The van der Waals surface area contributed by atoms with E-state index in [1.54, 1.807) is 17.6 Å². The molecule has 3 N–H and O–H groups in total. The molecule has 0 aliphatic heterocycles. The zero-order valence-corrected chi connectivity index (χ0v) is 14.1. The van der Waals surface area contributed by atoms with E-state index in [2.05, 4.69) is 5.32 Å². The number of nitrogens with one attached hydrogen (secondary N) is 2. The lowest BCUT2D eigenvalue weighted by Gasteiger charge is -2.12. The maximum absolute atomic E-state index is 12.6. The monoisotopic (exact) mass is 343 g/mol. The summed E-state index contributed by atoms with van der Waals surface area (Å²) in [7, 11) is 1.86. The number of amides is 2. The number of thiophene rings is 1. The lowest BCUT2D eigenvalue weighted by molar-refractivity contribution is 0.0711. The molecule has 1 unspecified atom stereocenters. The van der Waals surface area contributed by atoms with E-state index in [0.29, 0.717) is 10.6 Å². The first kappa shape index (κ1) is 16.2. The minimum Gasteiger partial charge on any atom is -0.343 e. The average molecular weight is 343 g/mol. The van der Waals surface area contributed by atoms with Crippen LogP contribution < -0.4 is 10.8 Å². The fraction of sp³-hybridized carbons (Fsp3) is 0.176. The third kappa shape index (κ3) is 2.91. The molecule has 0 aliphatic rings. The van der Waals surface area contributed by atoms with Gasteiger partial charge in [0.15, 0.2) is 0 Å². The predicted octanol–water partition coefficient (Wildman–Crippen LogP) is 2.85. The molecular weight excluding hydrogens is 326 g/mol. The molecule has 3 aromatic rings. The van der Waals surface area contributed by atoms with Crippen molar-refractivity contribution in [3.63, 3.8) is 0 Å². The van der Waals surface area contributed by atoms with Crippen molar-refractivity contribution in [3.8, 4) is 0 Å². The van der Waals surface area contributed by atoms with Gasteiger partial charge in [0.05, 0.1) is 10.9 Å². The number of fused-ring (bicyclic) bond motifs is 1. The fourth-order valence-corrected chi connectivity index (χ4v) is 3.51. The lowest BCUT2D eigenvalue weighted by Crippen LogP contribution is -2.27. The largest absolute Gasteiger partial charge is 0.343 e. The van der Waals surface area contributed by atoms with Crippen LogP contribution in [0, 0.1) is 0 Å². The van der Waals surface area contributed by atoms with E-state index in [1.165, 1.54) is 11.3 Å². The second-order valence-electron chi connectivity index (χ2n) is 5.49. The molecule has 0 aliphatic carbocycles. The van der Waals surface area contributed by atoms with Gasteiger partial charge in [-0.25, -0.2) is 5.48 Å². The highest BCUT2D eigenvalue weighted by atomic mass is 32.1. The number of rotatable bonds is 4. The van der Waals surface area contributed by atoms with Crippen LogP contribution in [0.15, 0.2) is 42.5 Å². The minimum atomic E-state index is -0.557. The summed E-state index contributed by atoms with van der Waals surface area (Å²) in [5, 5.41) is 12.6. The average Bonchev–Trinajstić information content (AvgIpc) is 3.20. The molecule has 7 heteroatoms. The van der Waals surface area contributed by atoms with Crippen molar-refractivity contribution < 1.29 is 14.8 Å². The molecule has 1 atom stereocenters. The highest BCUT2D eigenvalue weighted by molar-refractivity contribution is 7.14. The summed E-state index contributed by atoms with van der Waals surface area (Å²) in [6, 6.07) is 12.8. The van der Waals surface area contributed by atoms with Gasteiger partial charge in [-0.2, -0.15) is 0 Å². The molecule has 3 rings (SSSR count). The van der Waals surface area contributed by atoms with Crippen LogP contribution in [0.25, 0.3) is 10.9 Å². The number of aryl methyl sites for hydroxylation is 1. The Morgan fingerprint density at radius 1 is 1.17 bits per heavy atom. The van der Waals surface area contributed by atoms with Crippen molar-refractivity contribution in [2.24, 2.45) is 7.05 Å². The summed E-state index contributed by atoms with van der Waals surface area (Å²) < 4.78 is 1.86. The summed E-state index contributed by atoms with van der Waals surface area (Å²) in [6.07, 6.45) is 0. The Labute approximate surface area is 142 Å². The quantitative estimate of drug-likeness (QED) is 0.503. The summed E-state index contributed by atoms with van der Waals surface area (Å²) in [5.74, 6) is -0.735. The Hall–Kier alpha value is -2.64. The first-order valence-electron chi connectivity index (χ1n) is 7.40. The second kappa shape index (κ2) is 6.46. The predicted molar refractivity (Wildman–Crippen MR) is 92.4 cm³/mol. The van der Waals surface area contributed by atoms with Gasteiger partial charge in [0.2, 0.25) is 0 Å². The number of carbonyl (C=O) groups is 2. The van der Waals surface area contributed by atoms with Crippen LogP contribution in [-0.4, -0.2) is 21.6 Å². The smallest absolute Gasteiger partial charge is 0.284 e. The van der Waals surface area contributed by atoms with Crippen LogP contribution in [0.4, 0.5) is 0 Å². The SMILES string of the molecule is CC(NC(=O)c1cc2ccccc2n1C)c1ccc(C(=O)NO)s1. The molecule has 1 aromatic carbocycles. The van der Waals surface area contributed by atoms with Crippen molar-refractivity contribution in [3.05, 3.63) is 57.9 Å². The van der Waals surface area contributed by atoms with Crippen LogP contribution in [0.5, 0.6) is 0 Å². The van der Waals surface area contributed by atoms with Gasteiger partial charge in [-0.3, -0.25) is 14.8 Å². The number of aromatic nitrogens is 1. The van der Waals surface area contributed by atoms with Crippen molar-refractivity contribution in [2.45, 2.75) is 13.0 Å². The molecule has 2 aromatic heterocycles. The number of para-hydroxylation sites is 1. The van der Waals surface area contributed by atoms with E-state index in [1.807, 2.05) is 48.9 Å². The molecule has 0 saturated heterocycles. The first-order chi connectivity index (χ1) is 11.5. The van der Waals surface area contributed by atoms with Gasteiger partial charge in [-0.05, 0) is 31.2 Å². The van der Waals surface area contributed by atoms with Crippen molar-refractivity contribution in [1.82, 2.24) is 15.4 Å². The molecule has 2 heterocycles. The molecule has 6 nitrogen and oxygen atoms in total. The van der Waals surface area contributed by atoms with Gasteiger partial charge < -0.3 is 9.88 Å². The van der Waals surface area contributed by atoms with E-state index < -0.39 is 5.91 Å². The second-order valence-corrected chi connectivity index (χ2v) is 6.60. The number of benzene rings is 1. The summed E-state index contributed by atoms with van der Waals surface area (Å²) >= 11 is 1.23. The molecule has 2 amide bonds. The number of hydroxylamine groups is 1. The van der Waals surface area contributed by atoms with Crippen molar-refractivity contribution >= 4 is 34.1 Å². The molecule has 0 bridgehead atoms. The summed E-state index contributed by atoms with van der Waals surface area (Å²) in [5.41, 5.74) is 3.17. The van der Waals surface area contributed by atoms with Crippen LogP contribution >= 0.6 is 11.3 Å². The Morgan fingerprint density at radius 2 is 1.92 bits per heavy atom. The molecule has 0 radical (unpaired) electrons. The lowest BCUT2D eigenvalue weighted by atomic mass is 10.2. The van der Waals surface area contributed by atoms with Crippen molar-refractivity contribution in [1.29, 1.82) is 0 Å². The molecular formula is C17H17N3O3S. The van der Waals surface area contributed by atoms with E-state index >= 15 is 0 Å². The van der Waals surface area contributed by atoms with Gasteiger partial charge in [0.1, 0.15) is 5.69 Å². The molecule has 0 spiro atoms. The number of carbonyl (C=O) groups excluding carboxylic acids is 2. The third-order valence-electron chi connectivity index (χ3n) is 3.91. The van der Waals surface area contributed by atoms with E-state index in [9.17, 15) is 9.59 Å². The van der Waals surface area contributed by atoms with Gasteiger partial charge in [-0.15, -0.1) is 11.3 Å². The highest BCUT2D eigenvalue weighted by Crippen LogP contribution is 2.24. The van der Waals surface area contributed by atoms with E-state index in [-0.39, 0.29) is 11.9 Å². The van der Waals surface area contributed by atoms with E-state index in [0.717, 1.165) is 15.8 Å². The molecule has 0 fully saturated rings. The topological polar surface area (TPSA) is 83.4 Å². The number of nitrogens with zero attached hydrogens (tertiary/aromatic N) is 1. The number of hydrogen-bond acceptors (Lipinski definition) is 4. The molecule has 124 valence electrons. The molecule has 24 heavy (non-hydrogen) atoms. The molecule has 0 saturated carbocycles. The van der Waals surface area contributed by atoms with Crippen molar-refractivity contribution in [2.75, 3.05) is 0 Å². The summed E-state index contributed by atoms with van der Waals surface area (Å²) in [6.45, 7) is 1.85. The minimum absolute atomic E-state index is 0.178. The Morgan fingerprint density at radius 3 is 2.62 bits per heavy atom. The van der Waals surface area contributed by atoms with Crippen LogP contribution in [-0.2, 0) is 7.05 Å². The van der Waals surface area contributed by atoms with Crippen LogP contribution in [0.2, 0.25) is 0 Å². The Bertz CT molecular complexity index is 913. The Balaban J connectivity index is 1.79. The highest BCUT2D eigenvalue weighted by Gasteiger charge is 2.18. The zero-order chi connectivity index (χ0) is 17.3. The van der Waals surface area contributed by atoms with Crippen LogP contribution in [0.1, 0.15) is 38.0 Å². The van der Waals surface area contributed by atoms with Gasteiger partial charge in [0, 0.05) is 22.8 Å². The third-order valence-corrected chi connectivity index (χ3v) is 5.18. The van der Waals surface area contributed by atoms with Gasteiger partial charge >= 0.3 is 0 Å². The van der Waals surface area contributed by atoms with Gasteiger partial charge in [0.25, 0.3) is 11.8 Å².